The first-order chi connectivity index (χ1) is 12.0. The maximum atomic E-state index is 5.52. The number of hydrogen-bond donors (Lipinski definition) is 2. The monoisotopic (exact) mass is 368 g/mol. The molecule has 7 heteroatoms. The van der Waals surface area contributed by atoms with Crippen LogP contribution in [0, 0.1) is 6.92 Å². The fourth-order valence-corrected chi connectivity index (χ4v) is 3.08. The molecular weight excluding hydrogens is 338 g/mol. The maximum absolute atomic E-state index is 5.52. The van der Waals surface area contributed by atoms with Crippen molar-refractivity contribution in [3.05, 3.63) is 23.3 Å². The summed E-state index contributed by atoms with van der Waals surface area (Å²) in [5.74, 6) is 1.49. The van der Waals surface area contributed by atoms with E-state index in [0.717, 1.165) is 68.1 Å². The minimum Gasteiger partial charge on any atom is -0.493 e. The number of benzene rings is 1. The number of nitrogens with one attached hydrogen (secondary N) is 2. The van der Waals surface area contributed by atoms with Gasteiger partial charge in [0, 0.05) is 13.6 Å². The van der Waals surface area contributed by atoms with Gasteiger partial charge in [0.25, 0.3) is 0 Å². The molecule has 1 aliphatic rings. The molecule has 1 saturated heterocycles. The minimum atomic E-state index is 0.725. The first-order valence-corrected chi connectivity index (χ1v) is 9.07. The van der Waals surface area contributed by atoms with E-state index in [-0.39, 0.29) is 0 Å². The Bertz CT molecular complexity index is 577. The molecule has 0 aliphatic carbocycles. The van der Waals surface area contributed by atoms with Gasteiger partial charge in [-0.2, -0.15) is 0 Å². The number of ether oxygens (including phenoxy) is 3. The summed E-state index contributed by atoms with van der Waals surface area (Å²) in [7, 11) is 5.31. The van der Waals surface area contributed by atoms with E-state index >= 15 is 0 Å². The van der Waals surface area contributed by atoms with Crippen molar-refractivity contribution in [3.8, 4) is 11.5 Å². The van der Waals surface area contributed by atoms with Crippen LogP contribution >= 0.6 is 12.2 Å². The van der Waals surface area contributed by atoms with Crippen LogP contribution in [-0.2, 0) is 11.3 Å². The van der Waals surface area contributed by atoms with Gasteiger partial charge in [-0.15, -0.1) is 0 Å². The second-order valence-electron chi connectivity index (χ2n) is 6.33. The summed E-state index contributed by atoms with van der Waals surface area (Å²) in [4.78, 5) is 3.62. The van der Waals surface area contributed by atoms with Crippen molar-refractivity contribution >= 4 is 17.3 Å². The number of aryl methyl sites for hydroxylation is 1. The topological polar surface area (TPSA) is 47.4 Å². The van der Waals surface area contributed by atoms with Gasteiger partial charge in [0.1, 0.15) is 13.1 Å². The second kappa shape index (κ2) is 9.79. The van der Waals surface area contributed by atoms with E-state index in [1.54, 1.807) is 19.1 Å². The van der Waals surface area contributed by atoms with Gasteiger partial charge in [-0.3, -0.25) is 0 Å². The van der Waals surface area contributed by atoms with Gasteiger partial charge in [-0.1, -0.05) is 0 Å². The zero-order valence-corrected chi connectivity index (χ0v) is 16.5. The highest BCUT2D eigenvalue weighted by atomic mass is 32.1. The number of hydrogen-bond acceptors (Lipinski definition) is 4. The van der Waals surface area contributed by atoms with E-state index in [1.165, 1.54) is 5.56 Å². The van der Waals surface area contributed by atoms with Crippen LogP contribution in [-0.4, -0.2) is 70.7 Å². The molecule has 0 spiro atoms. The Labute approximate surface area is 156 Å². The summed E-state index contributed by atoms with van der Waals surface area (Å²) in [5.41, 5.74) is 2.33. The Hall–Kier alpha value is -1.57. The quantitative estimate of drug-likeness (QED) is 0.672. The van der Waals surface area contributed by atoms with Gasteiger partial charge in [-0.25, -0.2) is 0 Å². The van der Waals surface area contributed by atoms with Crippen molar-refractivity contribution in [1.29, 1.82) is 0 Å². The van der Waals surface area contributed by atoms with Gasteiger partial charge in [0.15, 0.2) is 16.6 Å². The highest BCUT2D eigenvalue weighted by Crippen LogP contribution is 2.30. The van der Waals surface area contributed by atoms with Crippen LogP contribution < -0.4 is 19.7 Å². The van der Waals surface area contributed by atoms with Crippen LogP contribution in [0.5, 0.6) is 11.5 Å². The number of rotatable bonds is 7. The number of methoxy groups -OCH3 is 2. The summed E-state index contributed by atoms with van der Waals surface area (Å²) in [6.45, 7) is 8.61. The van der Waals surface area contributed by atoms with Crippen LogP contribution in [0.25, 0.3) is 0 Å². The van der Waals surface area contributed by atoms with E-state index < -0.39 is 0 Å². The van der Waals surface area contributed by atoms with Crippen LogP contribution in [0.3, 0.4) is 0 Å². The predicted octanol–water partition coefficient (Wildman–Crippen LogP) is 0.234. The first-order valence-electron chi connectivity index (χ1n) is 8.67. The van der Waals surface area contributed by atoms with Crippen molar-refractivity contribution in [2.24, 2.45) is 0 Å². The molecule has 1 heterocycles. The molecule has 1 aliphatic heterocycles. The molecule has 0 saturated carbocycles. The molecule has 2 rings (SSSR count). The Balaban J connectivity index is 1.85. The highest BCUT2D eigenvalue weighted by Gasteiger charge is 2.15. The molecule has 0 bridgehead atoms. The molecule has 1 aromatic carbocycles. The lowest BCUT2D eigenvalue weighted by Crippen LogP contribution is -3.14. The third kappa shape index (κ3) is 5.73. The number of quaternary nitrogens is 1. The summed E-state index contributed by atoms with van der Waals surface area (Å²) in [5, 5.41) is 4.13. The molecule has 0 atom stereocenters. The van der Waals surface area contributed by atoms with Crippen molar-refractivity contribution in [2.75, 3.05) is 60.7 Å². The lowest BCUT2D eigenvalue weighted by molar-refractivity contribution is -0.906. The summed E-state index contributed by atoms with van der Waals surface area (Å²) in [6, 6.07) is 4.02. The first kappa shape index (κ1) is 19.8. The average Bonchev–Trinajstić information content (AvgIpc) is 2.63. The van der Waals surface area contributed by atoms with Gasteiger partial charge in [-0.05, 0) is 42.4 Å². The summed E-state index contributed by atoms with van der Waals surface area (Å²) < 4.78 is 16.1. The highest BCUT2D eigenvalue weighted by molar-refractivity contribution is 7.80. The van der Waals surface area contributed by atoms with Gasteiger partial charge >= 0.3 is 0 Å². The fraction of sp³-hybridized carbons (Fsp3) is 0.611. The van der Waals surface area contributed by atoms with Crippen molar-refractivity contribution < 1.29 is 19.1 Å². The van der Waals surface area contributed by atoms with E-state index in [4.69, 9.17) is 26.4 Å². The molecule has 2 N–H and O–H groups in total. The molecule has 0 amide bonds. The van der Waals surface area contributed by atoms with Crippen molar-refractivity contribution in [2.45, 2.75) is 13.5 Å². The third-order valence-corrected chi connectivity index (χ3v) is 5.01. The number of nitrogens with zero attached hydrogens (tertiary/aromatic N) is 1. The van der Waals surface area contributed by atoms with E-state index in [2.05, 4.69) is 17.1 Å². The van der Waals surface area contributed by atoms with E-state index in [0.29, 0.717) is 0 Å². The lowest BCUT2D eigenvalue weighted by atomic mass is 10.1. The van der Waals surface area contributed by atoms with E-state index in [1.807, 2.05) is 19.2 Å². The standard InChI is InChI=1S/C18H29N3O3S/c1-14-11-16(22-3)17(23-4)12-15(14)13-20(2)18(25)19-5-6-21-7-9-24-10-8-21/h11-12H,5-10,13H2,1-4H3,(H,19,25)/p+1. The van der Waals surface area contributed by atoms with Crippen LogP contribution in [0.2, 0.25) is 0 Å². The molecular formula is C18H30N3O3S+. The Kier molecular flexibility index (Phi) is 7.74. The molecule has 6 nitrogen and oxygen atoms in total. The molecule has 140 valence electrons. The molecule has 1 aromatic rings. The molecule has 0 aromatic heterocycles. The minimum absolute atomic E-state index is 0.725. The zero-order chi connectivity index (χ0) is 18.2. The third-order valence-electron chi connectivity index (χ3n) is 4.55. The van der Waals surface area contributed by atoms with Gasteiger partial charge < -0.3 is 29.3 Å². The van der Waals surface area contributed by atoms with Gasteiger partial charge in [0.2, 0.25) is 0 Å². The lowest BCUT2D eigenvalue weighted by Gasteiger charge is -2.26. The molecule has 0 unspecified atom stereocenters. The predicted molar refractivity (Wildman–Crippen MR) is 103 cm³/mol. The summed E-state index contributed by atoms with van der Waals surface area (Å²) >= 11 is 5.52. The normalized spacial score (nSPS) is 14.9. The smallest absolute Gasteiger partial charge is 0.169 e. The number of thiocarbonyl (C=S) groups is 1. The zero-order valence-electron chi connectivity index (χ0n) is 15.7. The summed E-state index contributed by atoms with van der Waals surface area (Å²) in [6.07, 6.45) is 0. The fourth-order valence-electron chi connectivity index (χ4n) is 2.91. The van der Waals surface area contributed by atoms with Crippen molar-refractivity contribution in [1.82, 2.24) is 10.2 Å². The largest absolute Gasteiger partial charge is 0.493 e. The maximum Gasteiger partial charge on any atom is 0.169 e. The Morgan fingerprint density at radius 2 is 1.88 bits per heavy atom. The van der Waals surface area contributed by atoms with E-state index in [9.17, 15) is 0 Å². The van der Waals surface area contributed by atoms with Crippen LogP contribution in [0.1, 0.15) is 11.1 Å². The molecule has 1 fully saturated rings. The number of morpholine rings is 1. The Morgan fingerprint density at radius 3 is 2.52 bits per heavy atom. The Morgan fingerprint density at radius 1 is 1.24 bits per heavy atom. The van der Waals surface area contributed by atoms with Crippen LogP contribution in [0.4, 0.5) is 0 Å². The second-order valence-corrected chi connectivity index (χ2v) is 6.72. The van der Waals surface area contributed by atoms with Crippen molar-refractivity contribution in [3.63, 3.8) is 0 Å². The average molecular weight is 369 g/mol. The molecule has 0 radical (unpaired) electrons. The van der Waals surface area contributed by atoms with Crippen LogP contribution in [0.15, 0.2) is 12.1 Å². The van der Waals surface area contributed by atoms with Gasteiger partial charge in [0.05, 0.1) is 40.5 Å². The SMILES string of the molecule is COc1cc(C)c(CN(C)C(=S)NCC[NH+]2CCOCC2)cc1OC. The molecule has 25 heavy (non-hydrogen) atoms.